The molecule has 0 atom stereocenters. The van der Waals surface area contributed by atoms with Gasteiger partial charge in [0, 0.05) is 31.7 Å². The monoisotopic (exact) mass is 259 g/mol. The van der Waals surface area contributed by atoms with Crippen LogP contribution in [0, 0.1) is 0 Å². The van der Waals surface area contributed by atoms with Gasteiger partial charge in [-0.1, -0.05) is 0 Å². The van der Waals surface area contributed by atoms with Crippen molar-refractivity contribution >= 4 is 11.6 Å². The van der Waals surface area contributed by atoms with E-state index < -0.39 is 5.91 Å². The summed E-state index contributed by atoms with van der Waals surface area (Å²) in [4.78, 5) is 10.6. The van der Waals surface area contributed by atoms with Crippen molar-refractivity contribution in [3.05, 3.63) is 48.3 Å². The van der Waals surface area contributed by atoms with Crippen LogP contribution >= 0.6 is 0 Å². The minimum Gasteiger partial charge on any atom is -0.484 e. The Balaban J connectivity index is 1.86. The van der Waals surface area contributed by atoms with Crippen molar-refractivity contribution < 1.29 is 9.53 Å². The minimum atomic E-state index is -0.480. The zero-order chi connectivity index (χ0) is 13.7. The number of aromatic nitrogens is 1. The molecule has 0 aliphatic rings. The third kappa shape index (κ3) is 4.06. The first-order chi connectivity index (χ1) is 9.13. The van der Waals surface area contributed by atoms with Crippen LogP contribution in [0.25, 0.3) is 0 Å². The number of hydrogen-bond donors (Lipinski definition) is 2. The molecule has 0 aliphatic heterocycles. The highest BCUT2D eigenvalue weighted by Crippen LogP contribution is 2.16. The number of amides is 1. The number of ether oxygens (including phenoxy) is 1. The maximum atomic E-state index is 10.6. The summed E-state index contributed by atoms with van der Waals surface area (Å²) in [5, 5.41) is 3.31. The molecule has 2 rings (SSSR count). The van der Waals surface area contributed by atoms with Gasteiger partial charge in [-0.2, -0.15) is 0 Å². The van der Waals surface area contributed by atoms with Crippen molar-refractivity contribution in [1.82, 2.24) is 4.57 Å². The highest BCUT2D eigenvalue weighted by atomic mass is 16.5. The number of nitrogens with zero attached hydrogens (tertiary/aromatic N) is 1. The van der Waals surface area contributed by atoms with E-state index in [-0.39, 0.29) is 6.61 Å². The highest BCUT2D eigenvalue weighted by molar-refractivity contribution is 5.75. The fourth-order valence-electron chi connectivity index (χ4n) is 1.69. The molecule has 0 bridgehead atoms. The Hall–Kier alpha value is -2.43. The molecular weight excluding hydrogens is 242 g/mol. The molecule has 2 aromatic rings. The van der Waals surface area contributed by atoms with Crippen molar-refractivity contribution in [2.24, 2.45) is 12.8 Å². The number of hydrogen-bond acceptors (Lipinski definition) is 3. The van der Waals surface area contributed by atoms with E-state index in [1.165, 1.54) is 5.56 Å². The van der Waals surface area contributed by atoms with Gasteiger partial charge in [0.15, 0.2) is 6.61 Å². The second-order valence-corrected chi connectivity index (χ2v) is 4.32. The fraction of sp³-hybridized carbons (Fsp3) is 0.214. The van der Waals surface area contributed by atoms with Crippen LogP contribution < -0.4 is 15.8 Å². The van der Waals surface area contributed by atoms with Crippen LogP contribution in [0.1, 0.15) is 5.56 Å². The Bertz CT molecular complexity index is 546. The first-order valence-electron chi connectivity index (χ1n) is 5.99. The van der Waals surface area contributed by atoms with E-state index in [9.17, 15) is 4.79 Å². The quantitative estimate of drug-likeness (QED) is 0.826. The number of primary amides is 1. The van der Waals surface area contributed by atoms with Gasteiger partial charge in [0.05, 0.1) is 0 Å². The number of nitrogens with one attached hydrogen (secondary N) is 1. The van der Waals surface area contributed by atoms with E-state index in [0.29, 0.717) is 5.75 Å². The van der Waals surface area contributed by atoms with Gasteiger partial charge in [0.1, 0.15) is 5.75 Å². The fourth-order valence-corrected chi connectivity index (χ4v) is 1.69. The lowest BCUT2D eigenvalue weighted by Gasteiger charge is -2.07. The van der Waals surface area contributed by atoms with E-state index in [4.69, 9.17) is 10.5 Å². The van der Waals surface area contributed by atoms with Crippen molar-refractivity contribution in [2.75, 3.05) is 11.9 Å². The van der Waals surface area contributed by atoms with Crippen molar-refractivity contribution in [1.29, 1.82) is 0 Å². The van der Waals surface area contributed by atoms with Gasteiger partial charge in [-0.3, -0.25) is 4.79 Å². The third-order valence-electron chi connectivity index (χ3n) is 2.63. The zero-order valence-corrected chi connectivity index (χ0v) is 10.8. The lowest BCUT2D eigenvalue weighted by molar-refractivity contribution is -0.119. The van der Waals surface area contributed by atoms with Crippen LogP contribution in [-0.2, 0) is 18.4 Å². The Morgan fingerprint density at radius 2 is 2.05 bits per heavy atom. The molecule has 3 N–H and O–H groups in total. The SMILES string of the molecule is Cn1ccc(CNc2ccc(OCC(N)=O)cc2)c1. The molecular formula is C14H17N3O2. The molecule has 19 heavy (non-hydrogen) atoms. The Kier molecular flexibility index (Phi) is 4.07. The normalized spacial score (nSPS) is 10.2. The molecule has 5 nitrogen and oxygen atoms in total. The Morgan fingerprint density at radius 3 is 2.63 bits per heavy atom. The molecule has 0 fully saturated rings. The van der Waals surface area contributed by atoms with E-state index >= 15 is 0 Å². The van der Waals surface area contributed by atoms with Crippen LogP contribution in [0.15, 0.2) is 42.7 Å². The van der Waals surface area contributed by atoms with Crippen LogP contribution in [0.4, 0.5) is 5.69 Å². The molecule has 0 aliphatic carbocycles. The number of rotatable bonds is 6. The summed E-state index contributed by atoms with van der Waals surface area (Å²) in [6.45, 7) is 0.666. The second kappa shape index (κ2) is 5.95. The summed E-state index contributed by atoms with van der Waals surface area (Å²) >= 11 is 0. The topological polar surface area (TPSA) is 69.3 Å². The summed E-state index contributed by atoms with van der Waals surface area (Å²) in [7, 11) is 1.99. The summed E-state index contributed by atoms with van der Waals surface area (Å²) in [6, 6.07) is 9.47. The summed E-state index contributed by atoms with van der Waals surface area (Å²) in [6.07, 6.45) is 4.08. The average Bonchev–Trinajstić information content (AvgIpc) is 2.81. The number of carbonyl (C=O) groups excluding carboxylic acids is 1. The van der Waals surface area contributed by atoms with Crippen molar-refractivity contribution in [3.63, 3.8) is 0 Å². The smallest absolute Gasteiger partial charge is 0.255 e. The predicted octanol–water partition coefficient (Wildman–Crippen LogP) is 1.50. The molecule has 1 amide bonds. The first kappa shape index (κ1) is 13.0. The van der Waals surface area contributed by atoms with Gasteiger partial charge in [-0.05, 0) is 35.9 Å². The van der Waals surface area contributed by atoms with Gasteiger partial charge >= 0.3 is 0 Å². The first-order valence-corrected chi connectivity index (χ1v) is 5.99. The third-order valence-corrected chi connectivity index (χ3v) is 2.63. The zero-order valence-electron chi connectivity index (χ0n) is 10.8. The van der Waals surface area contributed by atoms with Gasteiger partial charge in [0.2, 0.25) is 0 Å². The molecule has 1 heterocycles. The number of nitrogens with two attached hydrogens (primary N) is 1. The van der Waals surface area contributed by atoms with Crippen LogP contribution in [-0.4, -0.2) is 17.1 Å². The van der Waals surface area contributed by atoms with Crippen LogP contribution in [0.2, 0.25) is 0 Å². The maximum absolute atomic E-state index is 10.6. The number of carbonyl (C=O) groups is 1. The summed E-state index contributed by atoms with van der Waals surface area (Å²) in [5.41, 5.74) is 7.22. The van der Waals surface area contributed by atoms with Gasteiger partial charge in [0.25, 0.3) is 5.91 Å². The van der Waals surface area contributed by atoms with E-state index in [2.05, 4.69) is 17.6 Å². The molecule has 1 aromatic carbocycles. The molecule has 0 saturated heterocycles. The molecule has 0 saturated carbocycles. The molecule has 100 valence electrons. The van der Waals surface area contributed by atoms with Crippen molar-refractivity contribution in [2.45, 2.75) is 6.54 Å². The second-order valence-electron chi connectivity index (χ2n) is 4.32. The van der Waals surface area contributed by atoms with E-state index in [1.807, 2.05) is 29.9 Å². The largest absolute Gasteiger partial charge is 0.484 e. The van der Waals surface area contributed by atoms with E-state index in [1.54, 1.807) is 12.1 Å². The van der Waals surface area contributed by atoms with Gasteiger partial charge in [-0.15, -0.1) is 0 Å². The van der Waals surface area contributed by atoms with Gasteiger partial charge < -0.3 is 20.4 Å². The van der Waals surface area contributed by atoms with E-state index in [0.717, 1.165) is 12.2 Å². The summed E-state index contributed by atoms with van der Waals surface area (Å²) < 4.78 is 7.19. The highest BCUT2D eigenvalue weighted by Gasteiger charge is 1.99. The Labute approximate surface area is 112 Å². The molecule has 0 unspecified atom stereocenters. The lowest BCUT2D eigenvalue weighted by atomic mass is 10.3. The number of anilines is 1. The van der Waals surface area contributed by atoms with Gasteiger partial charge in [-0.25, -0.2) is 0 Å². The van der Waals surface area contributed by atoms with Crippen molar-refractivity contribution in [3.8, 4) is 5.75 Å². The summed E-state index contributed by atoms with van der Waals surface area (Å²) in [5.74, 6) is 0.148. The lowest BCUT2D eigenvalue weighted by Crippen LogP contribution is -2.19. The molecule has 0 radical (unpaired) electrons. The van der Waals surface area contributed by atoms with Crippen LogP contribution in [0.3, 0.4) is 0 Å². The molecule has 1 aromatic heterocycles. The Morgan fingerprint density at radius 1 is 1.32 bits per heavy atom. The van der Waals surface area contributed by atoms with Crippen LogP contribution in [0.5, 0.6) is 5.75 Å². The standard InChI is InChI=1S/C14H17N3O2/c1-17-7-6-11(9-17)8-16-12-2-4-13(5-3-12)19-10-14(15)18/h2-7,9,16H,8,10H2,1H3,(H2,15,18). The number of benzene rings is 1. The number of aryl methyl sites for hydroxylation is 1. The molecule has 0 spiro atoms. The molecule has 5 heteroatoms. The predicted molar refractivity (Wildman–Crippen MR) is 73.9 cm³/mol. The minimum absolute atomic E-state index is 0.100. The average molecular weight is 259 g/mol. The maximum Gasteiger partial charge on any atom is 0.255 e.